The normalized spacial score (nSPS) is 11.7. The highest BCUT2D eigenvalue weighted by Gasteiger charge is 2.16. The lowest BCUT2D eigenvalue weighted by Crippen LogP contribution is -2.04. The van der Waals surface area contributed by atoms with E-state index in [-0.39, 0.29) is 6.35 Å². The minimum Gasteiger partial charge on any atom is -0.496 e. The lowest BCUT2D eigenvalue weighted by molar-refractivity contribution is 0.343. The minimum atomic E-state index is -3.20. The summed E-state index contributed by atoms with van der Waals surface area (Å²) in [6, 6.07) is 8.26. The molecular formula is C22H31O4P. The van der Waals surface area contributed by atoms with E-state index in [0.29, 0.717) is 11.7 Å². The van der Waals surface area contributed by atoms with Crippen LogP contribution in [0.4, 0.5) is 0 Å². The summed E-state index contributed by atoms with van der Waals surface area (Å²) in [4.78, 5) is 18.9. The van der Waals surface area contributed by atoms with Crippen molar-refractivity contribution in [3.8, 4) is 11.5 Å². The molecule has 2 N–H and O–H groups in total. The average Bonchev–Trinajstić information content (AvgIpc) is 2.56. The predicted molar refractivity (Wildman–Crippen MR) is 115 cm³/mol. The number of hydrogen-bond donors (Lipinski definition) is 2. The Morgan fingerprint density at radius 2 is 1.67 bits per heavy atom. The van der Waals surface area contributed by atoms with Gasteiger partial charge in [-0.3, -0.25) is 0 Å². The van der Waals surface area contributed by atoms with E-state index in [1.54, 1.807) is 7.11 Å². The molecule has 0 fully saturated rings. The van der Waals surface area contributed by atoms with Gasteiger partial charge in [-0.25, -0.2) is 0 Å². The second-order valence-corrected chi connectivity index (χ2v) is 9.51. The second-order valence-electron chi connectivity index (χ2n) is 7.49. The van der Waals surface area contributed by atoms with Crippen LogP contribution in [0, 0.1) is 20.8 Å². The van der Waals surface area contributed by atoms with E-state index in [1.165, 1.54) is 22.3 Å². The molecule has 0 aliphatic heterocycles. The van der Waals surface area contributed by atoms with Crippen LogP contribution in [0.25, 0.3) is 0 Å². The molecule has 2 rings (SSSR count). The maximum Gasteiger partial charge on any atom is 0.152 e. The largest absolute Gasteiger partial charge is 0.496 e. The molecule has 0 bridgehead atoms. The number of hydrogen-bond acceptors (Lipinski definition) is 4. The minimum absolute atomic E-state index is 0.165. The maximum absolute atomic E-state index is 9.45. The standard InChI is InChI=1S/C22H31O4P/c1-14(2)22-17(5)18(8-9-20(22)25-6)12-19-10-16(4)21(11-15(19)3)26-13-27(7,23)24/h8-11,14,23-24H,7,12-13H2,1-6H3. The van der Waals surface area contributed by atoms with Gasteiger partial charge in [-0.1, -0.05) is 26.0 Å². The Bertz CT molecular complexity index is 865. The zero-order chi connectivity index (χ0) is 20.4. The van der Waals surface area contributed by atoms with E-state index in [1.807, 2.05) is 19.9 Å². The van der Waals surface area contributed by atoms with Crippen molar-refractivity contribution in [1.29, 1.82) is 0 Å². The zero-order valence-electron chi connectivity index (χ0n) is 17.2. The van der Waals surface area contributed by atoms with Crippen molar-refractivity contribution in [2.24, 2.45) is 0 Å². The fraction of sp³-hybridized carbons (Fsp3) is 0.409. The molecule has 27 heavy (non-hydrogen) atoms. The van der Waals surface area contributed by atoms with Crippen molar-refractivity contribution < 1.29 is 19.3 Å². The SMILES string of the molecule is C=P(O)(O)COc1cc(C)c(Cc2ccc(OC)c(C(C)C)c2C)cc1C. The Hall–Kier alpha value is -1.74. The molecule has 0 aromatic heterocycles. The van der Waals surface area contributed by atoms with Crippen LogP contribution in [-0.4, -0.2) is 29.5 Å². The van der Waals surface area contributed by atoms with Crippen molar-refractivity contribution in [2.75, 3.05) is 13.5 Å². The quantitative estimate of drug-likeness (QED) is 0.658. The average molecular weight is 390 g/mol. The third kappa shape index (κ3) is 5.38. The fourth-order valence-electron chi connectivity index (χ4n) is 3.41. The molecule has 0 aliphatic rings. The maximum atomic E-state index is 9.45. The Kier molecular flexibility index (Phi) is 6.80. The van der Waals surface area contributed by atoms with Crippen LogP contribution in [0.5, 0.6) is 11.5 Å². The summed E-state index contributed by atoms with van der Waals surface area (Å²) in [7, 11) is -1.48. The number of rotatable bonds is 7. The Morgan fingerprint density at radius 3 is 2.22 bits per heavy atom. The van der Waals surface area contributed by atoms with Crippen molar-refractivity contribution in [3.63, 3.8) is 0 Å². The summed E-state index contributed by atoms with van der Waals surface area (Å²) in [6.45, 7) is 10.5. The van der Waals surface area contributed by atoms with Crippen LogP contribution in [0.15, 0.2) is 24.3 Å². The fourth-order valence-corrected chi connectivity index (χ4v) is 3.76. The molecule has 148 valence electrons. The molecule has 0 unspecified atom stereocenters. The van der Waals surface area contributed by atoms with E-state index < -0.39 is 7.34 Å². The molecule has 4 nitrogen and oxygen atoms in total. The zero-order valence-corrected chi connectivity index (χ0v) is 18.1. The summed E-state index contributed by atoms with van der Waals surface area (Å²) in [5.74, 6) is 2.00. The lowest BCUT2D eigenvalue weighted by Gasteiger charge is -2.20. The van der Waals surface area contributed by atoms with Gasteiger partial charge in [0.2, 0.25) is 0 Å². The Morgan fingerprint density at radius 1 is 1.00 bits per heavy atom. The second kappa shape index (κ2) is 8.52. The molecule has 0 amide bonds. The molecule has 0 heterocycles. The van der Waals surface area contributed by atoms with Crippen molar-refractivity contribution in [1.82, 2.24) is 0 Å². The summed E-state index contributed by atoms with van der Waals surface area (Å²) >= 11 is 0. The van der Waals surface area contributed by atoms with E-state index in [0.717, 1.165) is 23.3 Å². The molecular weight excluding hydrogens is 359 g/mol. The van der Waals surface area contributed by atoms with E-state index in [4.69, 9.17) is 9.47 Å². The first kappa shape index (κ1) is 21.6. The third-order valence-electron chi connectivity index (χ3n) is 4.83. The summed E-state index contributed by atoms with van der Waals surface area (Å²) < 4.78 is 11.1. The first-order chi connectivity index (χ1) is 12.5. The van der Waals surface area contributed by atoms with E-state index in [9.17, 15) is 9.79 Å². The molecule has 2 aromatic carbocycles. The summed E-state index contributed by atoms with van der Waals surface area (Å²) in [6.07, 6.45) is 4.01. The van der Waals surface area contributed by atoms with Gasteiger partial charge in [0.15, 0.2) is 6.35 Å². The number of methoxy groups -OCH3 is 1. The molecule has 0 radical (unpaired) electrons. The monoisotopic (exact) mass is 390 g/mol. The first-order valence-electron chi connectivity index (χ1n) is 9.10. The van der Waals surface area contributed by atoms with Crippen molar-refractivity contribution >= 4 is 13.6 Å². The van der Waals surface area contributed by atoms with Gasteiger partial charge in [-0.2, -0.15) is 0 Å². The van der Waals surface area contributed by atoms with Crippen LogP contribution in [0.1, 0.15) is 53.1 Å². The number of ether oxygens (including phenoxy) is 2. The Balaban J connectivity index is 2.34. The summed E-state index contributed by atoms with van der Waals surface area (Å²) in [5, 5.41) is 0. The van der Waals surface area contributed by atoms with Gasteiger partial charge in [-0.15, -0.1) is 0 Å². The smallest absolute Gasteiger partial charge is 0.152 e. The number of benzene rings is 2. The van der Waals surface area contributed by atoms with E-state index >= 15 is 0 Å². The van der Waals surface area contributed by atoms with Gasteiger partial charge in [0.1, 0.15) is 18.8 Å². The molecule has 0 aliphatic carbocycles. The van der Waals surface area contributed by atoms with Crippen LogP contribution >= 0.6 is 7.34 Å². The van der Waals surface area contributed by atoms with Crippen LogP contribution in [0.3, 0.4) is 0 Å². The molecule has 0 spiro atoms. The molecule has 0 saturated carbocycles. The van der Waals surface area contributed by atoms with Crippen LogP contribution in [0.2, 0.25) is 0 Å². The highest BCUT2D eigenvalue weighted by atomic mass is 31.2. The topological polar surface area (TPSA) is 58.9 Å². The van der Waals surface area contributed by atoms with Gasteiger partial charge < -0.3 is 19.3 Å². The lowest BCUT2D eigenvalue weighted by atomic mass is 9.89. The highest BCUT2D eigenvalue weighted by Crippen LogP contribution is 2.36. The molecule has 2 aromatic rings. The first-order valence-corrected chi connectivity index (χ1v) is 11.2. The van der Waals surface area contributed by atoms with E-state index in [2.05, 4.69) is 45.3 Å². The van der Waals surface area contributed by atoms with Crippen molar-refractivity contribution in [3.05, 3.63) is 57.6 Å². The Labute approximate surface area is 162 Å². The van der Waals surface area contributed by atoms with Gasteiger partial charge in [0.25, 0.3) is 0 Å². The highest BCUT2D eigenvalue weighted by molar-refractivity contribution is 7.62. The predicted octanol–water partition coefficient (Wildman–Crippen LogP) is 4.94. The van der Waals surface area contributed by atoms with Crippen molar-refractivity contribution in [2.45, 2.75) is 47.0 Å². The molecule has 0 atom stereocenters. The van der Waals surface area contributed by atoms with Gasteiger partial charge in [0.05, 0.1) is 7.11 Å². The van der Waals surface area contributed by atoms with Gasteiger partial charge in [-0.05, 0) is 84.9 Å². The molecule has 0 saturated heterocycles. The van der Waals surface area contributed by atoms with Gasteiger partial charge in [0, 0.05) is 0 Å². The summed E-state index contributed by atoms with van der Waals surface area (Å²) in [5.41, 5.74) is 7.12. The van der Waals surface area contributed by atoms with Crippen LogP contribution < -0.4 is 9.47 Å². The van der Waals surface area contributed by atoms with Crippen LogP contribution in [-0.2, 0) is 6.42 Å². The van der Waals surface area contributed by atoms with Gasteiger partial charge >= 0.3 is 0 Å². The number of aryl methyl sites for hydroxylation is 2. The third-order valence-corrected chi connectivity index (χ3v) is 5.37. The molecule has 5 heteroatoms.